The van der Waals surface area contributed by atoms with Crippen LogP contribution < -0.4 is 5.32 Å². The van der Waals surface area contributed by atoms with Crippen LogP contribution in [0.2, 0.25) is 0 Å². The Hall–Kier alpha value is -1.47. The maximum absolute atomic E-state index is 12.4. The van der Waals surface area contributed by atoms with Gasteiger partial charge in [-0.3, -0.25) is 14.4 Å². The van der Waals surface area contributed by atoms with E-state index in [4.69, 9.17) is 0 Å². The van der Waals surface area contributed by atoms with Crippen LogP contribution in [0.4, 0.5) is 0 Å². The number of carbonyl (C=O) groups is 1. The van der Waals surface area contributed by atoms with Gasteiger partial charge >= 0.3 is 0 Å². The second-order valence-corrected chi connectivity index (χ2v) is 7.14. The van der Waals surface area contributed by atoms with Crippen molar-refractivity contribution in [3.63, 3.8) is 0 Å². The molecule has 24 heavy (non-hydrogen) atoms. The normalized spacial score (nSPS) is 24.1. The molecule has 1 aromatic heterocycles. The average molecular weight is 334 g/mol. The molecule has 0 radical (unpaired) electrons. The summed E-state index contributed by atoms with van der Waals surface area (Å²) in [4.78, 5) is 21.1. The molecule has 1 aromatic rings. The highest BCUT2D eigenvalue weighted by molar-refractivity contribution is 5.78. The van der Waals surface area contributed by atoms with Crippen molar-refractivity contribution < 1.29 is 4.79 Å². The van der Waals surface area contributed by atoms with Crippen LogP contribution in [-0.4, -0.2) is 75.8 Å². The molecule has 0 bridgehead atoms. The minimum atomic E-state index is 0.186. The van der Waals surface area contributed by atoms with Gasteiger partial charge in [0, 0.05) is 32.2 Å². The second kappa shape index (κ2) is 8.58. The third-order valence-electron chi connectivity index (χ3n) is 5.28. The number of hydrogen-bond donors (Lipinski definition) is 1. The fourth-order valence-electron chi connectivity index (χ4n) is 3.91. The van der Waals surface area contributed by atoms with Crippen LogP contribution in [0.25, 0.3) is 0 Å². The first-order valence-corrected chi connectivity index (χ1v) is 9.29. The summed E-state index contributed by atoms with van der Waals surface area (Å²) in [6, 6.07) is 0.357. The highest BCUT2D eigenvalue weighted by atomic mass is 16.2. The largest absolute Gasteiger partial charge is 0.352 e. The molecule has 2 aliphatic heterocycles. The van der Waals surface area contributed by atoms with E-state index in [2.05, 4.69) is 32.1 Å². The molecule has 1 unspecified atom stereocenters. The number of nitrogens with one attached hydrogen (secondary N) is 1. The van der Waals surface area contributed by atoms with E-state index < -0.39 is 0 Å². The van der Waals surface area contributed by atoms with E-state index in [1.54, 1.807) is 12.7 Å². The molecule has 7 nitrogen and oxygen atoms in total. The standard InChI is InChI=1S/C17H30N6O/c1-2-21-8-5-16(6-9-21)20-17(24)12-22-7-3-4-15(10-22)11-23-14-18-13-19-23/h13-16H,2-12H2,1H3,(H,20,24). The first-order chi connectivity index (χ1) is 11.7. The number of aromatic nitrogens is 3. The zero-order chi connectivity index (χ0) is 16.8. The van der Waals surface area contributed by atoms with Gasteiger partial charge in [-0.2, -0.15) is 5.10 Å². The van der Waals surface area contributed by atoms with Crippen LogP contribution in [-0.2, 0) is 11.3 Å². The van der Waals surface area contributed by atoms with Crippen LogP contribution in [0.3, 0.4) is 0 Å². The fourth-order valence-corrected chi connectivity index (χ4v) is 3.91. The number of piperidine rings is 2. The van der Waals surface area contributed by atoms with E-state index in [1.807, 2.05) is 4.68 Å². The van der Waals surface area contributed by atoms with Crippen molar-refractivity contribution in [2.75, 3.05) is 39.3 Å². The lowest BCUT2D eigenvalue weighted by Gasteiger charge is -2.34. The summed E-state index contributed by atoms with van der Waals surface area (Å²) in [6.07, 6.45) is 7.87. The third-order valence-corrected chi connectivity index (χ3v) is 5.28. The van der Waals surface area contributed by atoms with Crippen molar-refractivity contribution in [3.8, 4) is 0 Å². The Kier molecular flexibility index (Phi) is 6.20. The summed E-state index contributed by atoms with van der Waals surface area (Å²) in [5.74, 6) is 0.743. The number of likely N-dealkylation sites (tertiary alicyclic amines) is 2. The van der Waals surface area contributed by atoms with Gasteiger partial charge in [0.25, 0.3) is 0 Å². The van der Waals surface area contributed by atoms with Crippen LogP contribution in [0.1, 0.15) is 32.6 Å². The summed E-state index contributed by atoms with van der Waals surface area (Å²) in [5, 5.41) is 7.43. The monoisotopic (exact) mass is 334 g/mol. The minimum absolute atomic E-state index is 0.186. The Labute approximate surface area is 144 Å². The molecule has 0 saturated carbocycles. The highest BCUT2D eigenvalue weighted by Gasteiger charge is 2.24. The number of nitrogens with zero attached hydrogens (tertiary/aromatic N) is 5. The zero-order valence-corrected chi connectivity index (χ0v) is 14.7. The molecule has 2 aliphatic rings. The van der Waals surface area contributed by atoms with Gasteiger partial charge in [-0.15, -0.1) is 0 Å². The quantitative estimate of drug-likeness (QED) is 0.825. The van der Waals surface area contributed by atoms with E-state index >= 15 is 0 Å². The van der Waals surface area contributed by atoms with Gasteiger partial charge in [0.05, 0.1) is 6.54 Å². The Morgan fingerprint density at radius 1 is 1.21 bits per heavy atom. The van der Waals surface area contributed by atoms with Gasteiger partial charge in [-0.1, -0.05) is 6.92 Å². The summed E-state index contributed by atoms with van der Waals surface area (Å²) in [5.41, 5.74) is 0. The van der Waals surface area contributed by atoms with Gasteiger partial charge in [0.2, 0.25) is 5.91 Å². The zero-order valence-electron chi connectivity index (χ0n) is 14.7. The van der Waals surface area contributed by atoms with E-state index in [1.165, 1.54) is 6.42 Å². The molecule has 2 saturated heterocycles. The third kappa shape index (κ3) is 5.01. The summed E-state index contributed by atoms with van der Waals surface area (Å²) >= 11 is 0. The predicted octanol–water partition coefficient (Wildman–Crippen LogP) is 0.591. The lowest BCUT2D eigenvalue weighted by molar-refractivity contribution is -0.123. The highest BCUT2D eigenvalue weighted by Crippen LogP contribution is 2.18. The van der Waals surface area contributed by atoms with Gasteiger partial charge in [0.1, 0.15) is 12.7 Å². The minimum Gasteiger partial charge on any atom is -0.352 e. The molecule has 134 valence electrons. The van der Waals surface area contributed by atoms with Crippen molar-refractivity contribution in [1.29, 1.82) is 0 Å². The second-order valence-electron chi connectivity index (χ2n) is 7.14. The Balaban J connectivity index is 1.39. The lowest BCUT2D eigenvalue weighted by Crippen LogP contribution is -2.49. The molecular weight excluding hydrogens is 304 g/mol. The molecule has 2 fully saturated rings. The summed E-state index contributed by atoms with van der Waals surface area (Å²) < 4.78 is 1.90. The number of amides is 1. The Bertz CT molecular complexity index is 497. The van der Waals surface area contributed by atoms with Gasteiger partial charge in [-0.05, 0) is 44.7 Å². The molecule has 1 atom stereocenters. The summed E-state index contributed by atoms with van der Waals surface area (Å²) in [7, 11) is 0. The SMILES string of the molecule is CCN1CCC(NC(=O)CN2CCCC(Cn3cncn3)C2)CC1. The molecule has 0 aromatic carbocycles. The molecule has 1 amide bonds. The van der Waals surface area contributed by atoms with Gasteiger partial charge in [-0.25, -0.2) is 4.98 Å². The molecule has 1 N–H and O–H groups in total. The number of carbonyl (C=O) groups excluding carboxylic acids is 1. The van der Waals surface area contributed by atoms with Crippen LogP contribution in [0.15, 0.2) is 12.7 Å². The molecule has 3 heterocycles. The first kappa shape index (κ1) is 17.4. The maximum Gasteiger partial charge on any atom is 0.234 e. The Morgan fingerprint density at radius 2 is 2.04 bits per heavy atom. The predicted molar refractivity (Wildman–Crippen MR) is 92.5 cm³/mol. The van der Waals surface area contributed by atoms with Gasteiger partial charge in [0.15, 0.2) is 0 Å². The van der Waals surface area contributed by atoms with Gasteiger partial charge < -0.3 is 10.2 Å². The van der Waals surface area contributed by atoms with Crippen molar-refractivity contribution >= 4 is 5.91 Å². The van der Waals surface area contributed by atoms with E-state index in [9.17, 15) is 4.79 Å². The maximum atomic E-state index is 12.4. The molecule has 0 spiro atoms. The lowest BCUT2D eigenvalue weighted by atomic mass is 9.98. The molecular formula is C17H30N6O. The van der Waals surface area contributed by atoms with E-state index in [-0.39, 0.29) is 5.91 Å². The van der Waals surface area contributed by atoms with Crippen molar-refractivity contribution in [1.82, 2.24) is 29.9 Å². The number of hydrogen-bond acceptors (Lipinski definition) is 5. The Morgan fingerprint density at radius 3 is 2.75 bits per heavy atom. The molecule has 0 aliphatic carbocycles. The van der Waals surface area contributed by atoms with Crippen molar-refractivity contribution in [3.05, 3.63) is 12.7 Å². The topological polar surface area (TPSA) is 66.3 Å². The molecule has 3 rings (SSSR count). The van der Waals surface area contributed by atoms with Crippen LogP contribution in [0, 0.1) is 5.92 Å². The molecule has 7 heteroatoms. The van der Waals surface area contributed by atoms with E-state index in [0.29, 0.717) is 18.5 Å². The first-order valence-electron chi connectivity index (χ1n) is 9.29. The number of rotatable bonds is 6. The summed E-state index contributed by atoms with van der Waals surface area (Å²) in [6.45, 7) is 8.94. The average Bonchev–Trinajstić information content (AvgIpc) is 3.09. The fraction of sp³-hybridized carbons (Fsp3) is 0.824. The van der Waals surface area contributed by atoms with Crippen molar-refractivity contribution in [2.24, 2.45) is 5.92 Å². The van der Waals surface area contributed by atoms with Crippen LogP contribution >= 0.6 is 0 Å². The smallest absolute Gasteiger partial charge is 0.234 e. The van der Waals surface area contributed by atoms with Crippen molar-refractivity contribution in [2.45, 2.75) is 45.2 Å². The van der Waals surface area contributed by atoms with E-state index in [0.717, 1.165) is 58.5 Å². The van der Waals surface area contributed by atoms with Crippen LogP contribution in [0.5, 0.6) is 0 Å².